The number of aromatic nitrogens is 2. The zero-order valence-electron chi connectivity index (χ0n) is 16.7. The van der Waals surface area contributed by atoms with Crippen molar-refractivity contribution in [1.82, 2.24) is 14.9 Å². The molecule has 2 aromatic rings. The van der Waals surface area contributed by atoms with Crippen molar-refractivity contribution in [3.05, 3.63) is 35.5 Å². The number of benzene rings is 1. The first-order chi connectivity index (χ1) is 14.1. The van der Waals surface area contributed by atoms with Crippen LogP contribution < -0.4 is 15.0 Å². The normalized spacial score (nSPS) is 19.0. The number of Topliss-reactive ketones (excluding diaryl/α,β-unsaturated/α-hetero) is 1. The lowest BCUT2D eigenvalue weighted by Crippen LogP contribution is -2.46. The average molecular weight is 395 g/mol. The highest BCUT2D eigenvalue weighted by Gasteiger charge is 2.30. The first-order valence-corrected chi connectivity index (χ1v) is 9.87. The van der Waals surface area contributed by atoms with Crippen LogP contribution in [0.25, 0.3) is 0 Å². The molecule has 1 aliphatic heterocycles. The van der Waals surface area contributed by atoms with Crippen LogP contribution in [0.5, 0.6) is 5.75 Å². The minimum atomic E-state index is 0.0760. The average Bonchev–Trinajstić information content (AvgIpc) is 2.73. The number of amides is 1. The summed E-state index contributed by atoms with van der Waals surface area (Å²) in [6.07, 6.45) is 2.13. The number of hydrogen-bond donors (Lipinski definition) is 1. The Morgan fingerprint density at radius 2 is 1.83 bits per heavy atom. The second-order valence-corrected chi connectivity index (χ2v) is 7.61. The number of fused-ring (bicyclic) bond motifs is 1. The van der Waals surface area contributed by atoms with Crippen LogP contribution in [-0.4, -0.2) is 60.4 Å². The highest BCUT2D eigenvalue weighted by atomic mass is 16.5. The second kappa shape index (κ2) is 8.06. The standard InChI is InChI=1S/C21H25N5O3/c1-14-11-17-19(18(28)12-14)20(22-15-3-5-16(29-2)6-4-15)24-21(23-17)26-9-7-25(13-27)8-10-26/h3-6,13-14H,7-12H2,1-2H3,(H,22,23,24). The first kappa shape index (κ1) is 19.2. The summed E-state index contributed by atoms with van der Waals surface area (Å²) >= 11 is 0. The molecule has 8 heteroatoms. The Kier molecular flexibility index (Phi) is 5.33. The summed E-state index contributed by atoms with van der Waals surface area (Å²) in [5.74, 6) is 2.25. The SMILES string of the molecule is COc1ccc(Nc2nc(N3CCN(C=O)CC3)nc3c2C(=O)CC(C)C3)cc1. The molecule has 1 fully saturated rings. The number of nitrogens with zero attached hydrogens (tertiary/aromatic N) is 4. The van der Waals surface area contributed by atoms with E-state index in [1.165, 1.54) is 0 Å². The van der Waals surface area contributed by atoms with Gasteiger partial charge < -0.3 is 19.9 Å². The molecular weight excluding hydrogens is 370 g/mol. The van der Waals surface area contributed by atoms with Crippen molar-refractivity contribution < 1.29 is 14.3 Å². The number of hydrogen-bond acceptors (Lipinski definition) is 7. The lowest BCUT2D eigenvalue weighted by molar-refractivity contribution is -0.118. The molecule has 1 aliphatic carbocycles. The van der Waals surface area contributed by atoms with E-state index < -0.39 is 0 Å². The maximum atomic E-state index is 12.8. The number of rotatable bonds is 5. The maximum Gasteiger partial charge on any atom is 0.227 e. The maximum absolute atomic E-state index is 12.8. The molecular formula is C21H25N5O3. The summed E-state index contributed by atoms with van der Waals surface area (Å²) in [6, 6.07) is 7.51. The van der Waals surface area contributed by atoms with Crippen LogP contribution in [0.3, 0.4) is 0 Å². The van der Waals surface area contributed by atoms with Crippen molar-refractivity contribution in [2.45, 2.75) is 19.8 Å². The number of carbonyl (C=O) groups excluding carboxylic acids is 2. The minimum absolute atomic E-state index is 0.0760. The van der Waals surface area contributed by atoms with Gasteiger partial charge in [-0.15, -0.1) is 0 Å². The van der Waals surface area contributed by atoms with Crippen LogP contribution in [0, 0.1) is 5.92 Å². The summed E-state index contributed by atoms with van der Waals surface area (Å²) in [4.78, 5) is 37.1. The monoisotopic (exact) mass is 395 g/mol. The molecule has 152 valence electrons. The Balaban J connectivity index is 1.68. The highest BCUT2D eigenvalue weighted by molar-refractivity contribution is 6.03. The fourth-order valence-corrected chi connectivity index (χ4v) is 3.83. The van der Waals surface area contributed by atoms with Crippen molar-refractivity contribution in [1.29, 1.82) is 0 Å². The number of nitrogens with one attached hydrogen (secondary N) is 1. The predicted octanol–water partition coefficient (Wildman–Crippen LogP) is 2.27. The van der Waals surface area contributed by atoms with Gasteiger partial charge in [0.2, 0.25) is 12.4 Å². The minimum Gasteiger partial charge on any atom is -0.497 e. The van der Waals surface area contributed by atoms with Crippen LogP contribution in [-0.2, 0) is 11.2 Å². The molecule has 2 aliphatic rings. The smallest absolute Gasteiger partial charge is 0.227 e. The fraction of sp³-hybridized carbons (Fsp3) is 0.429. The summed E-state index contributed by atoms with van der Waals surface area (Å²) in [5.41, 5.74) is 2.22. The van der Waals surface area contributed by atoms with Crippen molar-refractivity contribution >= 4 is 29.6 Å². The molecule has 4 rings (SSSR count). The summed E-state index contributed by atoms with van der Waals surface area (Å²) in [5, 5.41) is 3.31. The van der Waals surface area contributed by atoms with Crippen molar-refractivity contribution in [2.75, 3.05) is 43.5 Å². The van der Waals surface area contributed by atoms with Gasteiger partial charge in [0.25, 0.3) is 0 Å². The Morgan fingerprint density at radius 1 is 1.10 bits per heavy atom. The number of piperazine rings is 1. The number of ether oxygens (including phenoxy) is 1. The van der Waals surface area contributed by atoms with Gasteiger partial charge in [0.15, 0.2) is 5.78 Å². The van der Waals surface area contributed by atoms with Gasteiger partial charge in [-0.3, -0.25) is 9.59 Å². The quantitative estimate of drug-likeness (QED) is 0.777. The third-order valence-corrected chi connectivity index (χ3v) is 5.43. The molecule has 1 saturated heterocycles. The molecule has 1 aromatic heterocycles. The van der Waals surface area contributed by atoms with E-state index in [4.69, 9.17) is 14.7 Å². The zero-order valence-corrected chi connectivity index (χ0v) is 16.7. The molecule has 0 radical (unpaired) electrons. The van der Waals surface area contributed by atoms with E-state index in [2.05, 4.69) is 17.1 Å². The Bertz CT molecular complexity index is 907. The molecule has 1 atom stereocenters. The molecule has 29 heavy (non-hydrogen) atoms. The van der Waals surface area contributed by atoms with Crippen molar-refractivity contribution in [2.24, 2.45) is 5.92 Å². The van der Waals surface area contributed by atoms with Gasteiger partial charge in [-0.05, 0) is 36.6 Å². The zero-order chi connectivity index (χ0) is 20.4. The van der Waals surface area contributed by atoms with Crippen LogP contribution in [0.4, 0.5) is 17.5 Å². The fourth-order valence-electron chi connectivity index (χ4n) is 3.83. The highest BCUT2D eigenvalue weighted by Crippen LogP contribution is 2.32. The predicted molar refractivity (Wildman–Crippen MR) is 110 cm³/mol. The Hall–Kier alpha value is -3.16. The van der Waals surface area contributed by atoms with E-state index in [9.17, 15) is 9.59 Å². The van der Waals surface area contributed by atoms with Gasteiger partial charge in [-0.1, -0.05) is 6.92 Å². The third kappa shape index (κ3) is 4.01. The number of ketones is 1. The Morgan fingerprint density at radius 3 is 2.48 bits per heavy atom. The molecule has 1 amide bonds. The topological polar surface area (TPSA) is 87.7 Å². The van der Waals surface area contributed by atoms with E-state index in [1.807, 2.05) is 24.3 Å². The number of anilines is 3. The summed E-state index contributed by atoms with van der Waals surface area (Å²) < 4.78 is 5.21. The largest absolute Gasteiger partial charge is 0.497 e. The number of carbonyl (C=O) groups is 2. The van der Waals surface area contributed by atoms with Gasteiger partial charge in [0.05, 0.1) is 18.4 Å². The molecule has 2 heterocycles. The molecule has 1 aromatic carbocycles. The van der Waals surface area contributed by atoms with Crippen LogP contribution in [0.2, 0.25) is 0 Å². The molecule has 0 bridgehead atoms. The summed E-state index contributed by atoms with van der Waals surface area (Å²) in [7, 11) is 1.62. The number of methoxy groups -OCH3 is 1. The Labute approximate surface area is 169 Å². The van der Waals surface area contributed by atoms with Gasteiger partial charge >= 0.3 is 0 Å². The van der Waals surface area contributed by atoms with E-state index in [0.717, 1.165) is 30.0 Å². The van der Waals surface area contributed by atoms with Crippen molar-refractivity contribution in [3.8, 4) is 5.75 Å². The molecule has 0 spiro atoms. The third-order valence-electron chi connectivity index (χ3n) is 5.43. The van der Waals surface area contributed by atoms with Crippen LogP contribution >= 0.6 is 0 Å². The van der Waals surface area contributed by atoms with Crippen LogP contribution in [0.1, 0.15) is 29.4 Å². The van der Waals surface area contributed by atoms with E-state index in [0.29, 0.717) is 49.9 Å². The lowest BCUT2D eigenvalue weighted by Gasteiger charge is -2.33. The van der Waals surface area contributed by atoms with E-state index in [-0.39, 0.29) is 11.7 Å². The molecule has 1 N–H and O–H groups in total. The molecule has 0 saturated carbocycles. The second-order valence-electron chi connectivity index (χ2n) is 7.61. The van der Waals surface area contributed by atoms with Gasteiger partial charge in [-0.2, -0.15) is 4.98 Å². The molecule has 8 nitrogen and oxygen atoms in total. The molecule has 1 unspecified atom stereocenters. The van der Waals surface area contributed by atoms with E-state index >= 15 is 0 Å². The van der Waals surface area contributed by atoms with Gasteiger partial charge in [0.1, 0.15) is 11.6 Å². The van der Waals surface area contributed by atoms with Gasteiger partial charge in [-0.25, -0.2) is 4.98 Å². The lowest BCUT2D eigenvalue weighted by atomic mass is 9.87. The van der Waals surface area contributed by atoms with Crippen molar-refractivity contribution in [3.63, 3.8) is 0 Å². The van der Waals surface area contributed by atoms with Gasteiger partial charge in [0, 0.05) is 38.3 Å². The first-order valence-electron chi connectivity index (χ1n) is 9.87. The van der Waals surface area contributed by atoms with E-state index in [1.54, 1.807) is 12.0 Å². The van der Waals surface area contributed by atoms with Crippen LogP contribution in [0.15, 0.2) is 24.3 Å². The summed E-state index contributed by atoms with van der Waals surface area (Å²) in [6.45, 7) is 4.69.